The molecule has 3 aromatic rings. The van der Waals surface area contributed by atoms with Gasteiger partial charge in [-0.3, -0.25) is 9.59 Å². The average Bonchev–Trinajstić information content (AvgIpc) is 3.42. The van der Waals surface area contributed by atoms with Crippen molar-refractivity contribution in [2.45, 2.75) is 18.9 Å². The third-order valence-corrected chi connectivity index (χ3v) is 4.86. The summed E-state index contributed by atoms with van der Waals surface area (Å²) in [7, 11) is 0. The number of para-hydroxylation sites is 1. The Labute approximate surface area is 167 Å². The standard InChI is InChI=1S/C21H20N4O4/c26-18(27)13-22-16-10-5-4-9-15(16)21(28)25-12-6-11-17(25)20-23-19(24-29-20)14-7-2-1-3-8-14/h1-5,7-10,17,22H,6,11-13H2,(H,26,27)/t17-/m0/s1. The number of carboxylic acids is 1. The molecule has 1 aliphatic rings. The molecule has 2 aromatic carbocycles. The van der Waals surface area contributed by atoms with Crippen LogP contribution in [0.5, 0.6) is 0 Å². The van der Waals surface area contributed by atoms with Crippen molar-refractivity contribution in [3.05, 3.63) is 66.1 Å². The first kappa shape index (κ1) is 18.7. The summed E-state index contributed by atoms with van der Waals surface area (Å²) >= 11 is 0. The summed E-state index contributed by atoms with van der Waals surface area (Å²) in [4.78, 5) is 30.3. The number of likely N-dealkylation sites (tertiary alicyclic amines) is 1. The molecule has 1 saturated heterocycles. The Morgan fingerprint density at radius 2 is 1.90 bits per heavy atom. The van der Waals surface area contributed by atoms with Gasteiger partial charge in [0.2, 0.25) is 11.7 Å². The highest BCUT2D eigenvalue weighted by Gasteiger charge is 2.35. The number of anilines is 1. The number of hydrogen-bond acceptors (Lipinski definition) is 6. The first-order valence-corrected chi connectivity index (χ1v) is 9.38. The number of rotatable bonds is 6. The van der Waals surface area contributed by atoms with Crippen LogP contribution in [0.15, 0.2) is 59.1 Å². The van der Waals surface area contributed by atoms with Crippen molar-refractivity contribution >= 4 is 17.6 Å². The van der Waals surface area contributed by atoms with Gasteiger partial charge in [0.25, 0.3) is 5.91 Å². The van der Waals surface area contributed by atoms with Crippen molar-refractivity contribution < 1.29 is 19.2 Å². The fourth-order valence-electron chi connectivity index (χ4n) is 3.49. The molecule has 1 aliphatic heterocycles. The summed E-state index contributed by atoms with van der Waals surface area (Å²) < 4.78 is 5.48. The van der Waals surface area contributed by atoms with E-state index in [4.69, 9.17) is 9.63 Å². The van der Waals surface area contributed by atoms with Gasteiger partial charge in [-0.05, 0) is 25.0 Å². The Balaban J connectivity index is 1.57. The molecule has 0 radical (unpaired) electrons. The predicted octanol–water partition coefficient (Wildman–Crippen LogP) is 3.21. The van der Waals surface area contributed by atoms with Crippen LogP contribution >= 0.6 is 0 Å². The van der Waals surface area contributed by atoms with Gasteiger partial charge in [-0.2, -0.15) is 4.98 Å². The highest BCUT2D eigenvalue weighted by molar-refractivity contribution is 6.00. The Kier molecular flexibility index (Phi) is 5.24. The third kappa shape index (κ3) is 3.96. The van der Waals surface area contributed by atoms with Gasteiger partial charge in [0.1, 0.15) is 12.6 Å². The van der Waals surface area contributed by atoms with E-state index >= 15 is 0 Å². The number of hydrogen-bond donors (Lipinski definition) is 2. The fourth-order valence-corrected chi connectivity index (χ4v) is 3.49. The van der Waals surface area contributed by atoms with E-state index in [0.717, 1.165) is 18.4 Å². The normalized spacial score (nSPS) is 16.0. The number of carboxylic acid groups (broad SMARTS) is 1. The van der Waals surface area contributed by atoms with E-state index in [9.17, 15) is 9.59 Å². The molecule has 0 spiro atoms. The largest absolute Gasteiger partial charge is 0.480 e. The molecule has 0 aliphatic carbocycles. The van der Waals surface area contributed by atoms with Crippen LogP contribution in [0.25, 0.3) is 11.4 Å². The number of benzene rings is 2. The molecule has 2 heterocycles. The molecule has 1 amide bonds. The molecule has 4 rings (SSSR count). The topological polar surface area (TPSA) is 109 Å². The molecule has 0 bridgehead atoms. The van der Waals surface area contributed by atoms with Crippen LogP contribution in [0.4, 0.5) is 5.69 Å². The molecule has 8 heteroatoms. The summed E-state index contributed by atoms with van der Waals surface area (Å²) in [5, 5.41) is 15.8. The van der Waals surface area contributed by atoms with Crippen LogP contribution in [0.2, 0.25) is 0 Å². The third-order valence-electron chi connectivity index (χ3n) is 4.86. The smallest absolute Gasteiger partial charge is 0.322 e. The number of aliphatic carboxylic acids is 1. The molecule has 2 N–H and O–H groups in total. The van der Waals surface area contributed by atoms with Gasteiger partial charge in [0, 0.05) is 17.8 Å². The number of nitrogens with one attached hydrogen (secondary N) is 1. The molecule has 1 fully saturated rings. The maximum atomic E-state index is 13.2. The molecule has 29 heavy (non-hydrogen) atoms. The Morgan fingerprint density at radius 1 is 1.14 bits per heavy atom. The molecule has 1 aromatic heterocycles. The van der Waals surface area contributed by atoms with Crippen molar-refractivity contribution in [1.29, 1.82) is 0 Å². The number of nitrogens with zero attached hydrogens (tertiary/aromatic N) is 3. The van der Waals surface area contributed by atoms with Crippen LogP contribution in [-0.4, -0.2) is 45.1 Å². The zero-order valence-electron chi connectivity index (χ0n) is 15.6. The van der Waals surface area contributed by atoms with E-state index in [1.54, 1.807) is 29.2 Å². The highest BCUT2D eigenvalue weighted by Crippen LogP contribution is 2.34. The van der Waals surface area contributed by atoms with Crippen molar-refractivity contribution in [3.63, 3.8) is 0 Å². The summed E-state index contributed by atoms with van der Waals surface area (Å²) in [5.74, 6) is -0.292. The van der Waals surface area contributed by atoms with Crippen LogP contribution in [-0.2, 0) is 4.79 Å². The monoisotopic (exact) mass is 392 g/mol. The molecular weight excluding hydrogens is 372 g/mol. The molecule has 0 saturated carbocycles. The lowest BCUT2D eigenvalue weighted by Crippen LogP contribution is -2.31. The summed E-state index contributed by atoms with van der Waals surface area (Å²) in [6.07, 6.45) is 1.55. The average molecular weight is 392 g/mol. The molecular formula is C21H20N4O4. The lowest BCUT2D eigenvalue weighted by molar-refractivity contribution is -0.134. The molecule has 1 atom stereocenters. The number of carbonyl (C=O) groups excluding carboxylic acids is 1. The van der Waals surface area contributed by atoms with Crippen molar-refractivity contribution in [1.82, 2.24) is 15.0 Å². The predicted molar refractivity (Wildman–Crippen MR) is 105 cm³/mol. The van der Waals surface area contributed by atoms with E-state index < -0.39 is 5.97 Å². The summed E-state index contributed by atoms with van der Waals surface area (Å²) in [6.45, 7) is 0.303. The summed E-state index contributed by atoms with van der Waals surface area (Å²) in [5.41, 5.74) is 1.76. The van der Waals surface area contributed by atoms with Gasteiger partial charge in [0.05, 0.1) is 5.56 Å². The van der Waals surface area contributed by atoms with Gasteiger partial charge < -0.3 is 19.8 Å². The SMILES string of the molecule is O=C(O)CNc1ccccc1C(=O)N1CCC[C@H]1c1nc(-c2ccccc2)no1. The van der Waals surface area contributed by atoms with Crippen LogP contribution in [0.3, 0.4) is 0 Å². The maximum Gasteiger partial charge on any atom is 0.322 e. The minimum Gasteiger partial charge on any atom is -0.480 e. The zero-order chi connectivity index (χ0) is 20.2. The number of amides is 1. The van der Waals surface area contributed by atoms with E-state index in [-0.39, 0.29) is 18.5 Å². The van der Waals surface area contributed by atoms with Crippen LogP contribution in [0.1, 0.15) is 35.1 Å². The van der Waals surface area contributed by atoms with E-state index in [0.29, 0.717) is 29.5 Å². The second-order valence-electron chi connectivity index (χ2n) is 6.77. The summed E-state index contributed by atoms with van der Waals surface area (Å²) in [6, 6.07) is 16.1. The minimum atomic E-state index is -0.995. The van der Waals surface area contributed by atoms with Gasteiger partial charge in [-0.25, -0.2) is 0 Å². The lowest BCUT2D eigenvalue weighted by atomic mass is 10.1. The van der Waals surface area contributed by atoms with Crippen molar-refractivity contribution in [2.75, 3.05) is 18.4 Å². The van der Waals surface area contributed by atoms with Crippen molar-refractivity contribution in [2.24, 2.45) is 0 Å². The van der Waals surface area contributed by atoms with E-state index in [1.165, 1.54) is 0 Å². The van der Waals surface area contributed by atoms with Gasteiger partial charge in [-0.1, -0.05) is 47.6 Å². The molecule has 148 valence electrons. The Morgan fingerprint density at radius 3 is 2.69 bits per heavy atom. The van der Waals surface area contributed by atoms with Gasteiger partial charge in [-0.15, -0.1) is 0 Å². The van der Waals surface area contributed by atoms with Crippen LogP contribution in [0, 0.1) is 0 Å². The van der Waals surface area contributed by atoms with Gasteiger partial charge in [0.15, 0.2) is 0 Å². The minimum absolute atomic E-state index is 0.194. The van der Waals surface area contributed by atoms with E-state index in [1.807, 2.05) is 30.3 Å². The highest BCUT2D eigenvalue weighted by atomic mass is 16.5. The fraction of sp³-hybridized carbons (Fsp3) is 0.238. The lowest BCUT2D eigenvalue weighted by Gasteiger charge is -2.23. The second-order valence-corrected chi connectivity index (χ2v) is 6.77. The van der Waals surface area contributed by atoms with E-state index in [2.05, 4.69) is 15.5 Å². The maximum absolute atomic E-state index is 13.2. The first-order chi connectivity index (χ1) is 14.1. The molecule has 0 unspecified atom stereocenters. The first-order valence-electron chi connectivity index (χ1n) is 9.38. The number of carbonyl (C=O) groups is 2. The Bertz CT molecular complexity index is 1020. The Hall–Kier alpha value is -3.68. The van der Waals surface area contributed by atoms with Crippen LogP contribution < -0.4 is 5.32 Å². The number of aromatic nitrogens is 2. The van der Waals surface area contributed by atoms with Gasteiger partial charge >= 0.3 is 5.97 Å². The van der Waals surface area contributed by atoms with Crippen molar-refractivity contribution in [3.8, 4) is 11.4 Å². The molecule has 8 nitrogen and oxygen atoms in total. The second kappa shape index (κ2) is 8.14. The zero-order valence-corrected chi connectivity index (χ0v) is 15.6. The quantitative estimate of drug-likeness (QED) is 0.663.